The molecule has 1 rings (SSSR count). The van der Waals surface area contributed by atoms with Crippen molar-refractivity contribution >= 4 is 5.91 Å². The first-order valence-corrected chi connectivity index (χ1v) is 6.49. The van der Waals surface area contributed by atoms with E-state index in [-0.39, 0.29) is 5.91 Å². The van der Waals surface area contributed by atoms with Crippen LogP contribution in [0, 0.1) is 13.8 Å². The van der Waals surface area contributed by atoms with Gasteiger partial charge >= 0.3 is 0 Å². The second-order valence-electron chi connectivity index (χ2n) is 5.79. The molecule has 3 N–H and O–H groups in total. The first-order chi connectivity index (χ1) is 8.67. The molecule has 4 heteroatoms. The molecule has 0 saturated heterocycles. The van der Waals surface area contributed by atoms with Crippen LogP contribution in [0.15, 0.2) is 18.2 Å². The smallest absolute Gasteiger partial charge is 0.260 e. The van der Waals surface area contributed by atoms with Crippen LogP contribution in [0.3, 0.4) is 0 Å². The standard InChI is InChI=1S/C15H24N2O2/c1-10-6-11(2)8-13(7-10)19-12(3)14(18)17-9-15(4,5)16/h6-8,12H,9,16H2,1-5H3,(H,17,18). The maximum atomic E-state index is 11.9. The van der Waals surface area contributed by atoms with Crippen molar-refractivity contribution in [1.29, 1.82) is 0 Å². The molecule has 0 saturated carbocycles. The van der Waals surface area contributed by atoms with E-state index in [1.807, 2.05) is 39.8 Å². The van der Waals surface area contributed by atoms with Gasteiger partial charge < -0.3 is 15.8 Å². The summed E-state index contributed by atoms with van der Waals surface area (Å²) in [6, 6.07) is 5.90. The monoisotopic (exact) mass is 264 g/mol. The Balaban J connectivity index is 2.58. The van der Waals surface area contributed by atoms with Crippen LogP contribution in [-0.4, -0.2) is 24.1 Å². The molecule has 0 aliphatic carbocycles. The van der Waals surface area contributed by atoms with Crippen molar-refractivity contribution in [3.8, 4) is 5.75 Å². The fraction of sp³-hybridized carbons (Fsp3) is 0.533. The lowest BCUT2D eigenvalue weighted by molar-refractivity contribution is -0.127. The summed E-state index contributed by atoms with van der Waals surface area (Å²) in [7, 11) is 0. The summed E-state index contributed by atoms with van der Waals surface area (Å²) in [6.45, 7) is 9.89. The number of ether oxygens (including phenoxy) is 1. The summed E-state index contributed by atoms with van der Waals surface area (Å²) >= 11 is 0. The van der Waals surface area contributed by atoms with Crippen molar-refractivity contribution in [1.82, 2.24) is 5.32 Å². The normalized spacial score (nSPS) is 12.9. The predicted molar refractivity (Wildman–Crippen MR) is 77.3 cm³/mol. The summed E-state index contributed by atoms with van der Waals surface area (Å²) < 4.78 is 5.65. The Kier molecular flexibility index (Phi) is 4.95. The number of amides is 1. The lowest BCUT2D eigenvalue weighted by Gasteiger charge is -2.21. The molecular weight excluding hydrogens is 240 g/mol. The number of nitrogens with one attached hydrogen (secondary N) is 1. The third-order valence-electron chi connectivity index (χ3n) is 2.60. The maximum Gasteiger partial charge on any atom is 0.260 e. The molecule has 1 unspecified atom stereocenters. The number of carbonyl (C=O) groups is 1. The highest BCUT2D eigenvalue weighted by Gasteiger charge is 2.18. The topological polar surface area (TPSA) is 64.3 Å². The van der Waals surface area contributed by atoms with Gasteiger partial charge in [0.05, 0.1) is 0 Å². The second-order valence-corrected chi connectivity index (χ2v) is 5.79. The van der Waals surface area contributed by atoms with E-state index in [1.165, 1.54) is 0 Å². The minimum atomic E-state index is -0.538. The zero-order valence-corrected chi connectivity index (χ0v) is 12.4. The predicted octanol–water partition coefficient (Wildman–Crippen LogP) is 1.92. The zero-order chi connectivity index (χ0) is 14.6. The number of benzene rings is 1. The van der Waals surface area contributed by atoms with E-state index < -0.39 is 11.6 Å². The molecule has 1 amide bonds. The SMILES string of the molecule is Cc1cc(C)cc(OC(C)C(=O)NCC(C)(C)N)c1. The summed E-state index contributed by atoms with van der Waals surface area (Å²) in [6.07, 6.45) is -0.538. The lowest BCUT2D eigenvalue weighted by atomic mass is 10.1. The van der Waals surface area contributed by atoms with Gasteiger partial charge in [0.25, 0.3) is 5.91 Å². The van der Waals surface area contributed by atoms with Crippen LogP contribution in [0.5, 0.6) is 5.75 Å². The summed E-state index contributed by atoms with van der Waals surface area (Å²) in [4.78, 5) is 11.9. The Morgan fingerprint density at radius 2 is 1.84 bits per heavy atom. The van der Waals surface area contributed by atoms with Gasteiger partial charge in [0.2, 0.25) is 0 Å². The van der Waals surface area contributed by atoms with Crippen LogP contribution < -0.4 is 15.8 Å². The molecule has 1 aromatic carbocycles. The van der Waals surface area contributed by atoms with E-state index in [4.69, 9.17) is 10.5 Å². The average Bonchev–Trinajstić information content (AvgIpc) is 2.23. The minimum Gasteiger partial charge on any atom is -0.481 e. The van der Waals surface area contributed by atoms with Gasteiger partial charge in [-0.15, -0.1) is 0 Å². The summed E-state index contributed by atoms with van der Waals surface area (Å²) in [5.41, 5.74) is 7.63. The molecule has 0 aromatic heterocycles. The number of aryl methyl sites for hydroxylation is 2. The Hall–Kier alpha value is -1.55. The molecular formula is C15H24N2O2. The fourth-order valence-corrected chi connectivity index (χ4v) is 1.72. The first kappa shape index (κ1) is 15.5. The van der Waals surface area contributed by atoms with E-state index in [2.05, 4.69) is 11.4 Å². The Bertz CT molecular complexity index is 430. The molecule has 0 radical (unpaired) electrons. The van der Waals surface area contributed by atoms with Gasteiger partial charge in [-0.1, -0.05) is 6.07 Å². The highest BCUT2D eigenvalue weighted by Crippen LogP contribution is 2.17. The Morgan fingerprint density at radius 3 is 2.32 bits per heavy atom. The van der Waals surface area contributed by atoms with Gasteiger partial charge in [0.15, 0.2) is 6.10 Å². The minimum absolute atomic E-state index is 0.155. The van der Waals surface area contributed by atoms with Gasteiger partial charge in [-0.2, -0.15) is 0 Å². The van der Waals surface area contributed by atoms with Crippen LogP contribution in [0.4, 0.5) is 0 Å². The summed E-state index contributed by atoms with van der Waals surface area (Å²) in [5, 5.41) is 2.78. The van der Waals surface area contributed by atoms with Crippen molar-refractivity contribution in [2.45, 2.75) is 46.3 Å². The number of carbonyl (C=O) groups excluding carboxylic acids is 1. The molecule has 1 aromatic rings. The molecule has 1 atom stereocenters. The average molecular weight is 264 g/mol. The van der Waals surface area contributed by atoms with Gasteiger partial charge in [0, 0.05) is 12.1 Å². The van der Waals surface area contributed by atoms with E-state index in [0.717, 1.165) is 11.1 Å². The van der Waals surface area contributed by atoms with Gasteiger partial charge in [-0.25, -0.2) is 0 Å². The van der Waals surface area contributed by atoms with Crippen LogP contribution in [-0.2, 0) is 4.79 Å². The van der Waals surface area contributed by atoms with Crippen molar-refractivity contribution in [3.63, 3.8) is 0 Å². The van der Waals surface area contributed by atoms with E-state index >= 15 is 0 Å². The molecule has 0 fully saturated rings. The molecule has 0 aliphatic rings. The molecule has 106 valence electrons. The Labute approximate surface area is 115 Å². The summed E-state index contributed by atoms with van der Waals surface area (Å²) in [5.74, 6) is 0.560. The van der Waals surface area contributed by atoms with Crippen molar-refractivity contribution < 1.29 is 9.53 Å². The van der Waals surface area contributed by atoms with Gasteiger partial charge in [-0.05, 0) is 57.9 Å². The highest BCUT2D eigenvalue weighted by molar-refractivity contribution is 5.80. The molecule has 0 heterocycles. The maximum absolute atomic E-state index is 11.9. The van der Waals surface area contributed by atoms with E-state index in [1.54, 1.807) is 6.92 Å². The third-order valence-corrected chi connectivity index (χ3v) is 2.60. The second kappa shape index (κ2) is 6.06. The number of hydrogen-bond donors (Lipinski definition) is 2. The molecule has 0 aliphatic heterocycles. The quantitative estimate of drug-likeness (QED) is 0.854. The van der Waals surface area contributed by atoms with Gasteiger partial charge in [0.1, 0.15) is 5.75 Å². The van der Waals surface area contributed by atoms with Gasteiger partial charge in [-0.3, -0.25) is 4.79 Å². The van der Waals surface area contributed by atoms with Crippen LogP contribution in [0.1, 0.15) is 31.9 Å². The van der Waals surface area contributed by atoms with E-state index in [9.17, 15) is 4.79 Å². The van der Waals surface area contributed by atoms with E-state index in [0.29, 0.717) is 12.3 Å². The number of rotatable bonds is 5. The fourth-order valence-electron chi connectivity index (χ4n) is 1.72. The van der Waals surface area contributed by atoms with Crippen molar-refractivity contribution in [3.05, 3.63) is 29.3 Å². The molecule has 0 bridgehead atoms. The largest absolute Gasteiger partial charge is 0.481 e. The third kappa shape index (κ3) is 5.75. The van der Waals surface area contributed by atoms with Crippen molar-refractivity contribution in [2.75, 3.05) is 6.54 Å². The number of nitrogens with two attached hydrogens (primary N) is 1. The Morgan fingerprint density at radius 1 is 1.32 bits per heavy atom. The first-order valence-electron chi connectivity index (χ1n) is 6.49. The molecule has 0 spiro atoms. The molecule has 4 nitrogen and oxygen atoms in total. The van der Waals surface area contributed by atoms with Crippen LogP contribution in [0.25, 0.3) is 0 Å². The van der Waals surface area contributed by atoms with Crippen LogP contribution >= 0.6 is 0 Å². The zero-order valence-electron chi connectivity index (χ0n) is 12.4. The molecule has 19 heavy (non-hydrogen) atoms. The highest BCUT2D eigenvalue weighted by atomic mass is 16.5. The van der Waals surface area contributed by atoms with Crippen molar-refractivity contribution in [2.24, 2.45) is 5.73 Å². The number of hydrogen-bond acceptors (Lipinski definition) is 3. The van der Waals surface area contributed by atoms with Crippen LogP contribution in [0.2, 0.25) is 0 Å². The lowest BCUT2D eigenvalue weighted by Crippen LogP contribution is -2.48.